The first-order chi connectivity index (χ1) is 18.1. The quantitative estimate of drug-likeness (QED) is 0.407. The number of carbonyl (C=O) groups excluding carboxylic acids is 3. The second-order valence-corrected chi connectivity index (χ2v) is 11.9. The Kier molecular flexibility index (Phi) is 5.45. The van der Waals surface area contributed by atoms with Crippen molar-refractivity contribution < 1.29 is 14.4 Å². The molecule has 3 aliphatic heterocycles. The molecule has 0 saturated carbocycles. The minimum atomic E-state index is -1.30. The summed E-state index contributed by atoms with van der Waals surface area (Å²) < 4.78 is 0. The monoisotopic (exact) mass is 524 g/mol. The molecule has 6 rings (SSSR count). The highest BCUT2D eigenvalue weighted by Gasteiger charge is 2.71. The smallest absolute Gasteiger partial charge is 0.238 e. The van der Waals surface area contributed by atoms with Crippen LogP contribution in [-0.2, 0) is 15.0 Å². The van der Waals surface area contributed by atoms with Gasteiger partial charge in [0.25, 0.3) is 0 Å². The molecule has 38 heavy (non-hydrogen) atoms. The van der Waals surface area contributed by atoms with Gasteiger partial charge in [0.05, 0.1) is 12.0 Å². The highest BCUT2D eigenvalue weighted by molar-refractivity contribution is 6.30. The van der Waals surface area contributed by atoms with Crippen LogP contribution in [0.5, 0.6) is 0 Å². The number of para-hydroxylation sites is 2. The molecule has 1 spiro atoms. The van der Waals surface area contributed by atoms with Gasteiger partial charge in [-0.1, -0.05) is 74.8 Å². The zero-order valence-electron chi connectivity index (χ0n) is 21.8. The van der Waals surface area contributed by atoms with Crippen molar-refractivity contribution in [3.05, 3.63) is 101 Å². The number of Topliss-reactive ketones (excluding diaryl/α,β-unsaturated/α-hetero) is 2. The van der Waals surface area contributed by atoms with Crippen LogP contribution in [0.1, 0.15) is 49.2 Å². The average Bonchev–Trinajstić information content (AvgIpc) is 3.36. The van der Waals surface area contributed by atoms with Crippen LogP contribution in [0.4, 0.5) is 11.4 Å². The lowest BCUT2D eigenvalue weighted by Gasteiger charge is -2.39. The summed E-state index contributed by atoms with van der Waals surface area (Å²) in [5, 5.41) is 3.58. The Hall–Kier alpha value is -3.70. The molecule has 6 heteroatoms. The third-order valence-corrected chi connectivity index (χ3v) is 8.55. The van der Waals surface area contributed by atoms with Crippen LogP contribution in [0.15, 0.2) is 78.9 Å². The minimum Gasteiger partial charge on any atom is -0.352 e. The van der Waals surface area contributed by atoms with Crippen molar-refractivity contribution in [2.45, 2.75) is 45.2 Å². The Morgan fingerprint density at radius 2 is 1.61 bits per heavy atom. The van der Waals surface area contributed by atoms with Gasteiger partial charge < -0.3 is 10.2 Å². The lowest BCUT2D eigenvalue weighted by Crippen LogP contribution is -2.51. The summed E-state index contributed by atoms with van der Waals surface area (Å²) >= 11 is 6.15. The van der Waals surface area contributed by atoms with Crippen LogP contribution in [0.2, 0.25) is 5.02 Å². The number of ketones is 2. The van der Waals surface area contributed by atoms with Crippen LogP contribution < -0.4 is 10.2 Å². The van der Waals surface area contributed by atoms with Crippen molar-refractivity contribution >= 4 is 46.0 Å². The molecule has 1 fully saturated rings. The number of amides is 1. The molecule has 0 aromatic heterocycles. The van der Waals surface area contributed by atoms with E-state index in [9.17, 15) is 14.4 Å². The van der Waals surface area contributed by atoms with E-state index in [-0.39, 0.29) is 17.5 Å². The van der Waals surface area contributed by atoms with E-state index >= 15 is 0 Å². The molecule has 0 bridgehead atoms. The molecular formula is C32H29ClN2O3. The Balaban J connectivity index is 1.70. The molecule has 3 aromatic carbocycles. The second kappa shape index (κ2) is 8.40. The average molecular weight is 525 g/mol. The lowest BCUT2D eigenvalue weighted by atomic mass is 9.63. The molecular weight excluding hydrogens is 496 g/mol. The van der Waals surface area contributed by atoms with Gasteiger partial charge in [0.2, 0.25) is 5.91 Å². The van der Waals surface area contributed by atoms with Crippen LogP contribution in [0.25, 0.3) is 5.57 Å². The minimum absolute atomic E-state index is 0.0772. The molecule has 3 heterocycles. The number of hydrogen-bond acceptors (Lipinski definition) is 4. The summed E-state index contributed by atoms with van der Waals surface area (Å²) in [4.78, 5) is 45.4. The van der Waals surface area contributed by atoms with E-state index in [2.05, 4.69) is 16.3 Å². The predicted molar refractivity (Wildman–Crippen MR) is 151 cm³/mol. The number of nitrogens with one attached hydrogen (secondary N) is 1. The number of hydrogen-bond donors (Lipinski definition) is 1. The Bertz CT molecular complexity index is 1530. The van der Waals surface area contributed by atoms with Gasteiger partial charge in [-0.2, -0.15) is 0 Å². The summed E-state index contributed by atoms with van der Waals surface area (Å²) in [5.74, 6) is -1.53. The molecule has 4 atom stereocenters. The number of nitrogens with zero attached hydrogens (tertiary/aromatic N) is 1. The zero-order valence-corrected chi connectivity index (χ0v) is 22.5. The zero-order chi connectivity index (χ0) is 27.0. The van der Waals surface area contributed by atoms with E-state index in [0.717, 1.165) is 22.4 Å². The van der Waals surface area contributed by atoms with Gasteiger partial charge in [-0.15, -0.1) is 0 Å². The fourth-order valence-corrected chi connectivity index (χ4v) is 6.75. The highest BCUT2D eigenvalue weighted by Crippen LogP contribution is 2.59. The van der Waals surface area contributed by atoms with Crippen LogP contribution in [0.3, 0.4) is 0 Å². The van der Waals surface area contributed by atoms with E-state index in [1.54, 1.807) is 24.3 Å². The van der Waals surface area contributed by atoms with Gasteiger partial charge in [-0.25, -0.2) is 0 Å². The number of benzene rings is 3. The first-order valence-electron chi connectivity index (χ1n) is 12.9. The van der Waals surface area contributed by atoms with E-state index in [1.807, 2.05) is 76.2 Å². The summed E-state index contributed by atoms with van der Waals surface area (Å²) in [7, 11) is 0. The molecule has 1 saturated heterocycles. The number of halogens is 1. The maximum absolute atomic E-state index is 14.6. The Labute approximate surface area is 227 Å². The molecule has 0 radical (unpaired) electrons. The van der Waals surface area contributed by atoms with Crippen LogP contribution in [0, 0.1) is 11.3 Å². The number of rotatable bonds is 3. The van der Waals surface area contributed by atoms with E-state index in [1.165, 1.54) is 0 Å². The molecule has 3 aromatic rings. The Morgan fingerprint density at radius 1 is 0.947 bits per heavy atom. The van der Waals surface area contributed by atoms with E-state index in [0.29, 0.717) is 16.3 Å². The summed E-state index contributed by atoms with van der Waals surface area (Å²) in [5.41, 5.74) is 2.68. The molecule has 5 nitrogen and oxygen atoms in total. The van der Waals surface area contributed by atoms with Gasteiger partial charge >= 0.3 is 0 Å². The lowest BCUT2D eigenvalue weighted by molar-refractivity contribution is -0.128. The van der Waals surface area contributed by atoms with Gasteiger partial charge in [0.15, 0.2) is 11.6 Å². The topological polar surface area (TPSA) is 66.5 Å². The maximum atomic E-state index is 14.6. The van der Waals surface area contributed by atoms with Gasteiger partial charge in [0.1, 0.15) is 11.5 Å². The fourth-order valence-electron chi connectivity index (χ4n) is 6.62. The van der Waals surface area contributed by atoms with Gasteiger partial charge in [-0.05, 0) is 54.5 Å². The number of anilines is 2. The van der Waals surface area contributed by atoms with Crippen molar-refractivity contribution in [2.24, 2.45) is 11.3 Å². The fraction of sp³-hybridized carbons (Fsp3) is 0.281. The van der Waals surface area contributed by atoms with Crippen LogP contribution in [-0.4, -0.2) is 29.6 Å². The molecule has 3 aliphatic rings. The third kappa shape index (κ3) is 3.27. The largest absolute Gasteiger partial charge is 0.352 e. The molecule has 192 valence electrons. The first kappa shape index (κ1) is 24.6. The summed E-state index contributed by atoms with van der Waals surface area (Å²) in [6.45, 7) is 7.65. The van der Waals surface area contributed by atoms with Gasteiger partial charge in [-0.3, -0.25) is 14.4 Å². The second-order valence-electron chi connectivity index (χ2n) is 11.5. The van der Waals surface area contributed by atoms with Crippen molar-refractivity contribution in [3.63, 3.8) is 0 Å². The predicted octanol–water partition coefficient (Wildman–Crippen LogP) is 6.32. The van der Waals surface area contributed by atoms with Crippen molar-refractivity contribution in [1.29, 1.82) is 0 Å². The molecule has 0 aliphatic carbocycles. The number of carbonyl (C=O) groups is 3. The standard InChI is InChI=1S/C32H29ClN2O3/c1-18-17-25-32(22-10-6-7-11-23(22)34-30(32)38)26(28(36)19-13-15-20(33)16-14-19)27(29(37)31(2,3)4)35(25)24-12-8-5-9-21(18)24/h5-17,25-27H,1-4H3,(H,34,38)/t25-,26+,27-,32+/m0/s1. The normalized spacial score (nSPS) is 25.4. The molecule has 1 amide bonds. The molecule has 0 unspecified atom stereocenters. The van der Waals surface area contributed by atoms with Crippen LogP contribution >= 0.6 is 11.6 Å². The highest BCUT2D eigenvalue weighted by atomic mass is 35.5. The van der Waals surface area contributed by atoms with Crippen molar-refractivity contribution in [2.75, 3.05) is 10.2 Å². The maximum Gasteiger partial charge on any atom is 0.238 e. The third-order valence-electron chi connectivity index (χ3n) is 8.30. The van der Waals surface area contributed by atoms with Crippen molar-refractivity contribution in [1.82, 2.24) is 0 Å². The Morgan fingerprint density at radius 3 is 2.32 bits per heavy atom. The van der Waals surface area contributed by atoms with Gasteiger partial charge in [0, 0.05) is 32.9 Å². The molecule has 1 N–H and O–H groups in total. The van der Waals surface area contributed by atoms with Crippen molar-refractivity contribution in [3.8, 4) is 0 Å². The number of allylic oxidation sites excluding steroid dienone is 1. The SMILES string of the molecule is CC1=C[C@@H]2N(c3ccccc31)[C@H](C(=O)C(C)(C)C)[C@H](C(=O)c1ccc(Cl)cc1)[C@]21C(=O)Nc2ccccc21. The number of fused-ring (bicyclic) bond motifs is 6. The van der Waals surface area contributed by atoms with E-state index < -0.39 is 28.8 Å². The summed E-state index contributed by atoms with van der Waals surface area (Å²) in [6, 6.07) is 20.8. The summed E-state index contributed by atoms with van der Waals surface area (Å²) in [6.07, 6.45) is 2.07. The van der Waals surface area contributed by atoms with E-state index in [4.69, 9.17) is 11.6 Å². The first-order valence-corrected chi connectivity index (χ1v) is 13.3.